The van der Waals surface area contributed by atoms with E-state index in [1.165, 1.54) is 13.2 Å². The van der Waals surface area contributed by atoms with E-state index in [-0.39, 0.29) is 6.42 Å². The second kappa shape index (κ2) is 5.58. The van der Waals surface area contributed by atoms with E-state index < -0.39 is 10.6 Å². The quantitative estimate of drug-likeness (QED) is 0.361. The Balaban J connectivity index is 2.09. The number of ether oxygens (including phenoxy) is 1. The van der Waals surface area contributed by atoms with E-state index in [9.17, 15) is 10.1 Å². The minimum absolute atomic E-state index is 0.175. The van der Waals surface area contributed by atoms with Gasteiger partial charge in [0.05, 0.1) is 17.0 Å². The van der Waals surface area contributed by atoms with E-state index in [2.05, 4.69) is 4.99 Å². The fourth-order valence-electron chi connectivity index (χ4n) is 1.75. The number of allylic oxidation sites excluding steroid dienone is 1. The zero-order valence-corrected chi connectivity index (χ0v) is 10.5. The van der Waals surface area contributed by atoms with Crippen molar-refractivity contribution in [3.63, 3.8) is 0 Å². The Labute approximate surface area is 111 Å². The minimum atomic E-state index is -1.45. The van der Waals surface area contributed by atoms with Gasteiger partial charge in [-0.3, -0.25) is 15.1 Å². The second-order valence-electron chi connectivity index (χ2n) is 4.14. The lowest BCUT2D eigenvalue weighted by molar-refractivity contribution is -0.610. The summed E-state index contributed by atoms with van der Waals surface area (Å²) in [5.74, 6) is 0. The Morgan fingerprint density at radius 2 is 2.16 bits per heavy atom. The molecule has 2 rings (SSSR count). The number of benzene rings is 1. The standard InChI is InChI=1S/C14H14N2O3/c1-19-14(16(17)18)9-7-13(8-10-14)15-11-12-5-3-2-4-6-12/h2-9,11H,10H2,1H3. The molecule has 19 heavy (non-hydrogen) atoms. The van der Waals surface area contributed by atoms with Gasteiger partial charge >= 0.3 is 5.72 Å². The summed E-state index contributed by atoms with van der Waals surface area (Å²) in [6.07, 6.45) is 6.64. The van der Waals surface area contributed by atoms with Crippen LogP contribution < -0.4 is 0 Å². The Morgan fingerprint density at radius 3 is 2.68 bits per heavy atom. The fraction of sp³-hybridized carbons (Fsp3) is 0.214. The van der Waals surface area contributed by atoms with Crippen molar-refractivity contribution in [1.29, 1.82) is 0 Å². The largest absolute Gasteiger partial charge is 0.348 e. The van der Waals surface area contributed by atoms with Crippen molar-refractivity contribution in [3.8, 4) is 0 Å². The van der Waals surface area contributed by atoms with Gasteiger partial charge < -0.3 is 4.74 Å². The number of aliphatic imine (C=N–C) groups is 1. The van der Waals surface area contributed by atoms with Crippen LogP contribution in [0.3, 0.4) is 0 Å². The van der Waals surface area contributed by atoms with Gasteiger partial charge in [0, 0.05) is 19.4 Å². The fourth-order valence-corrected chi connectivity index (χ4v) is 1.75. The zero-order chi connectivity index (χ0) is 13.7. The molecule has 98 valence electrons. The van der Waals surface area contributed by atoms with Crippen LogP contribution in [-0.4, -0.2) is 24.0 Å². The maximum absolute atomic E-state index is 11.0. The molecule has 0 aliphatic heterocycles. The number of rotatable bonds is 4. The molecule has 0 spiro atoms. The van der Waals surface area contributed by atoms with Crippen LogP contribution in [0.25, 0.3) is 0 Å². The van der Waals surface area contributed by atoms with Crippen molar-refractivity contribution in [3.05, 3.63) is 69.9 Å². The lowest BCUT2D eigenvalue weighted by atomic mass is 10.0. The van der Waals surface area contributed by atoms with E-state index in [0.29, 0.717) is 5.70 Å². The summed E-state index contributed by atoms with van der Waals surface area (Å²) in [6, 6.07) is 9.66. The van der Waals surface area contributed by atoms with Gasteiger partial charge in [-0.1, -0.05) is 30.3 Å². The smallest absolute Gasteiger partial charge is 0.315 e. The highest BCUT2D eigenvalue weighted by Crippen LogP contribution is 2.25. The van der Waals surface area contributed by atoms with Crippen LogP contribution in [0.5, 0.6) is 0 Å². The summed E-state index contributed by atoms with van der Waals surface area (Å²) in [5.41, 5.74) is 0.221. The van der Waals surface area contributed by atoms with E-state index >= 15 is 0 Å². The first-order chi connectivity index (χ1) is 9.16. The maximum atomic E-state index is 11.0. The highest BCUT2D eigenvalue weighted by Gasteiger charge is 2.40. The molecule has 1 aliphatic rings. The summed E-state index contributed by atoms with van der Waals surface area (Å²) in [4.78, 5) is 14.8. The Kier molecular flexibility index (Phi) is 3.87. The molecule has 0 fully saturated rings. The van der Waals surface area contributed by atoms with Crippen molar-refractivity contribution in [2.24, 2.45) is 4.99 Å². The van der Waals surface area contributed by atoms with Gasteiger partial charge in [-0.2, -0.15) is 0 Å². The van der Waals surface area contributed by atoms with E-state index in [4.69, 9.17) is 4.74 Å². The Bertz CT molecular complexity index is 549. The van der Waals surface area contributed by atoms with Crippen LogP contribution in [0.4, 0.5) is 0 Å². The molecule has 0 aromatic heterocycles. The molecule has 1 atom stereocenters. The molecule has 5 nitrogen and oxygen atoms in total. The first-order valence-electron chi connectivity index (χ1n) is 5.84. The predicted molar refractivity (Wildman–Crippen MR) is 72.6 cm³/mol. The summed E-state index contributed by atoms with van der Waals surface area (Å²) in [7, 11) is 1.33. The zero-order valence-electron chi connectivity index (χ0n) is 10.5. The van der Waals surface area contributed by atoms with E-state index in [0.717, 1.165) is 5.56 Å². The normalized spacial score (nSPS) is 22.5. The first kappa shape index (κ1) is 13.2. The molecule has 1 unspecified atom stereocenters. The number of nitrogens with zero attached hydrogens (tertiary/aromatic N) is 2. The number of nitro groups is 1. The molecule has 0 saturated heterocycles. The molecule has 0 heterocycles. The third-order valence-electron chi connectivity index (χ3n) is 2.94. The van der Waals surface area contributed by atoms with Gasteiger partial charge in [0.15, 0.2) is 0 Å². The Morgan fingerprint density at radius 1 is 1.42 bits per heavy atom. The molecule has 0 N–H and O–H groups in total. The van der Waals surface area contributed by atoms with Crippen LogP contribution in [-0.2, 0) is 4.74 Å². The maximum Gasteiger partial charge on any atom is 0.348 e. The van der Waals surface area contributed by atoms with Crippen molar-refractivity contribution < 1.29 is 9.66 Å². The average molecular weight is 258 g/mol. The first-order valence-corrected chi connectivity index (χ1v) is 5.84. The molecule has 0 amide bonds. The predicted octanol–water partition coefficient (Wildman–Crippen LogP) is 2.57. The molecular weight excluding hydrogens is 244 g/mol. The molecule has 5 heteroatoms. The highest BCUT2D eigenvalue weighted by atomic mass is 16.7. The molecule has 1 aromatic carbocycles. The summed E-state index contributed by atoms with van der Waals surface area (Å²) < 4.78 is 4.97. The van der Waals surface area contributed by atoms with Gasteiger partial charge in [0.1, 0.15) is 0 Å². The van der Waals surface area contributed by atoms with E-state index in [1.54, 1.807) is 18.4 Å². The average Bonchev–Trinajstić information content (AvgIpc) is 2.46. The van der Waals surface area contributed by atoms with Gasteiger partial charge in [-0.25, -0.2) is 0 Å². The molecule has 1 aromatic rings. The minimum Gasteiger partial charge on any atom is -0.315 e. The third kappa shape index (κ3) is 2.95. The third-order valence-corrected chi connectivity index (χ3v) is 2.94. The monoisotopic (exact) mass is 258 g/mol. The van der Waals surface area contributed by atoms with E-state index in [1.807, 2.05) is 30.3 Å². The topological polar surface area (TPSA) is 64.7 Å². The van der Waals surface area contributed by atoms with Gasteiger partial charge in [-0.15, -0.1) is 0 Å². The van der Waals surface area contributed by atoms with Crippen molar-refractivity contribution in [1.82, 2.24) is 0 Å². The van der Waals surface area contributed by atoms with Crippen LogP contribution in [0, 0.1) is 10.1 Å². The Hall–Kier alpha value is -2.27. The SMILES string of the molecule is COC1([N+](=O)[O-])C=CC(N=Cc2ccccc2)=CC1. The van der Waals surface area contributed by atoms with Gasteiger partial charge in [0.25, 0.3) is 0 Å². The lowest BCUT2D eigenvalue weighted by Gasteiger charge is -2.20. The molecule has 0 bridgehead atoms. The summed E-state index contributed by atoms with van der Waals surface area (Å²) in [5, 5.41) is 11.0. The number of methoxy groups -OCH3 is 1. The number of hydrogen-bond acceptors (Lipinski definition) is 4. The van der Waals surface area contributed by atoms with Gasteiger partial charge in [0.2, 0.25) is 0 Å². The highest BCUT2D eigenvalue weighted by molar-refractivity contribution is 5.80. The van der Waals surface area contributed by atoms with Crippen molar-refractivity contribution >= 4 is 6.21 Å². The number of hydrogen-bond donors (Lipinski definition) is 0. The van der Waals surface area contributed by atoms with Crippen LogP contribution in [0.1, 0.15) is 12.0 Å². The summed E-state index contributed by atoms with van der Waals surface area (Å²) in [6.45, 7) is 0. The lowest BCUT2D eigenvalue weighted by Crippen LogP contribution is -2.38. The van der Waals surface area contributed by atoms with Crippen LogP contribution >= 0.6 is 0 Å². The van der Waals surface area contributed by atoms with Gasteiger partial charge in [-0.05, 0) is 17.7 Å². The summed E-state index contributed by atoms with van der Waals surface area (Å²) >= 11 is 0. The van der Waals surface area contributed by atoms with Crippen molar-refractivity contribution in [2.45, 2.75) is 12.1 Å². The molecule has 0 radical (unpaired) electrons. The second-order valence-corrected chi connectivity index (χ2v) is 4.14. The molecular formula is C14H14N2O3. The van der Waals surface area contributed by atoms with Crippen LogP contribution in [0.2, 0.25) is 0 Å². The van der Waals surface area contributed by atoms with Crippen LogP contribution in [0.15, 0.2) is 59.2 Å². The van der Waals surface area contributed by atoms with Crippen molar-refractivity contribution in [2.75, 3.05) is 7.11 Å². The molecule has 1 aliphatic carbocycles. The molecule has 0 saturated carbocycles.